The summed E-state index contributed by atoms with van der Waals surface area (Å²) >= 11 is 0. The fourth-order valence-electron chi connectivity index (χ4n) is 1.50. The molecule has 2 unspecified atom stereocenters. The van der Waals surface area contributed by atoms with Crippen LogP contribution in [0.3, 0.4) is 0 Å². The Morgan fingerprint density at radius 3 is 2.59 bits per heavy atom. The summed E-state index contributed by atoms with van der Waals surface area (Å²) in [5.41, 5.74) is 1.21. The largest absolute Gasteiger partial charge is 0.392 e. The first-order valence-electron chi connectivity index (χ1n) is 6.21. The van der Waals surface area contributed by atoms with Gasteiger partial charge in [0.25, 0.3) is 0 Å². The molecule has 0 aliphatic carbocycles. The Balaban J connectivity index is 2.04. The van der Waals surface area contributed by atoms with Crippen molar-refractivity contribution in [2.24, 2.45) is 0 Å². The first-order valence-corrected chi connectivity index (χ1v) is 6.21. The molecule has 0 aliphatic heterocycles. The average molecular weight is 237 g/mol. The van der Waals surface area contributed by atoms with E-state index in [4.69, 9.17) is 9.84 Å². The summed E-state index contributed by atoms with van der Waals surface area (Å²) in [5.74, 6) is 0. The molecule has 2 N–H and O–H groups in total. The van der Waals surface area contributed by atoms with E-state index in [1.54, 1.807) is 6.92 Å². The lowest BCUT2D eigenvalue weighted by atomic mass is 10.2. The van der Waals surface area contributed by atoms with E-state index in [9.17, 15) is 0 Å². The minimum atomic E-state index is -0.289. The van der Waals surface area contributed by atoms with Crippen LogP contribution in [0.1, 0.15) is 25.8 Å². The predicted molar refractivity (Wildman–Crippen MR) is 69.9 cm³/mol. The normalized spacial score (nSPS) is 14.5. The number of aliphatic hydroxyl groups is 1. The van der Waals surface area contributed by atoms with Gasteiger partial charge in [-0.25, -0.2) is 0 Å². The third-order valence-corrected chi connectivity index (χ3v) is 2.57. The molecule has 17 heavy (non-hydrogen) atoms. The molecule has 2 atom stereocenters. The average Bonchev–Trinajstić information content (AvgIpc) is 2.33. The van der Waals surface area contributed by atoms with Crippen LogP contribution in [-0.4, -0.2) is 30.4 Å². The van der Waals surface area contributed by atoms with Crippen molar-refractivity contribution in [1.29, 1.82) is 0 Å². The first kappa shape index (κ1) is 14.2. The van der Waals surface area contributed by atoms with Gasteiger partial charge in [0.15, 0.2) is 0 Å². The third kappa shape index (κ3) is 7.10. The van der Waals surface area contributed by atoms with Gasteiger partial charge >= 0.3 is 0 Å². The van der Waals surface area contributed by atoms with Crippen molar-refractivity contribution >= 4 is 0 Å². The van der Waals surface area contributed by atoms with Crippen LogP contribution in [0.5, 0.6) is 0 Å². The second-order valence-electron chi connectivity index (χ2n) is 4.49. The zero-order valence-electron chi connectivity index (χ0n) is 10.7. The number of benzene rings is 1. The summed E-state index contributed by atoms with van der Waals surface area (Å²) in [6.07, 6.45) is 0.669. The van der Waals surface area contributed by atoms with Crippen LogP contribution in [-0.2, 0) is 11.3 Å². The maximum atomic E-state index is 9.13. The molecule has 0 bridgehead atoms. The minimum absolute atomic E-state index is 0.289. The van der Waals surface area contributed by atoms with E-state index < -0.39 is 0 Å². The molecule has 0 radical (unpaired) electrons. The molecule has 3 heteroatoms. The van der Waals surface area contributed by atoms with Gasteiger partial charge in [0.05, 0.1) is 12.7 Å². The highest BCUT2D eigenvalue weighted by atomic mass is 16.5. The maximum absolute atomic E-state index is 9.13. The minimum Gasteiger partial charge on any atom is -0.392 e. The number of nitrogens with one attached hydrogen (secondary N) is 1. The summed E-state index contributed by atoms with van der Waals surface area (Å²) < 4.78 is 5.59. The highest BCUT2D eigenvalue weighted by Crippen LogP contribution is 2.01. The lowest BCUT2D eigenvalue weighted by Crippen LogP contribution is -2.33. The van der Waals surface area contributed by atoms with Gasteiger partial charge in [0, 0.05) is 19.2 Å². The fraction of sp³-hybridized carbons (Fsp3) is 0.571. The van der Waals surface area contributed by atoms with Crippen LogP contribution in [0.15, 0.2) is 30.3 Å². The van der Waals surface area contributed by atoms with Crippen molar-refractivity contribution in [2.75, 3.05) is 13.2 Å². The molecule has 0 aromatic heterocycles. The Morgan fingerprint density at radius 2 is 1.94 bits per heavy atom. The number of rotatable bonds is 8. The van der Waals surface area contributed by atoms with E-state index in [2.05, 4.69) is 24.4 Å². The quantitative estimate of drug-likeness (QED) is 0.679. The van der Waals surface area contributed by atoms with Crippen LogP contribution in [0, 0.1) is 0 Å². The van der Waals surface area contributed by atoms with Gasteiger partial charge in [-0.3, -0.25) is 0 Å². The number of hydrogen-bond donors (Lipinski definition) is 2. The Bertz CT molecular complexity index is 288. The van der Waals surface area contributed by atoms with Gasteiger partial charge in [-0.1, -0.05) is 30.3 Å². The van der Waals surface area contributed by atoms with Crippen LogP contribution >= 0.6 is 0 Å². The van der Waals surface area contributed by atoms with Gasteiger partial charge in [-0.15, -0.1) is 0 Å². The van der Waals surface area contributed by atoms with Crippen LogP contribution < -0.4 is 5.32 Å². The molecule has 3 nitrogen and oxygen atoms in total. The third-order valence-electron chi connectivity index (χ3n) is 2.57. The van der Waals surface area contributed by atoms with Gasteiger partial charge in [-0.05, 0) is 25.8 Å². The van der Waals surface area contributed by atoms with E-state index in [1.807, 2.05) is 18.2 Å². The van der Waals surface area contributed by atoms with Crippen molar-refractivity contribution < 1.29 is 9.84 Å². The molecule has 0 saturated heterocycles. The number of aliphatic hydroxyl groups excluding tert-OH is 1. The monoisotopic (exact) mass is 237 g/mol. The van der Waals surface area contributed by atoms with E-state index in [0.29, 0.717) is 19.2 Å². The van der Waals surface area contributed by atoms with Crippen molar-refractivity contribution in [3.8, 4) is 0 Å². The predicted octanol–water partition coefficient (Wildman–Crippen LogP) is 1.95. The van der Waals surface area contributed by atoms with Crippen molar-refractivity contribution in [3.63, 3.8) is 0 Å². The molecule has 1 aromatic carbocycles. The standard InChI is InChI=1S/C14H23NO2/c1-12(15-10-13(2)16)8-9-17-11-14-6-4-3-5-7-14/h3-7,12-13,15-16H,8-11H2,1-2H3. The lowest BCUT2D eigenvalue weighted by molar-refractivity contribution is 0.110. The molecule has 96 valence electrons. The van der Waals surface area contributed by atoms with Crippen molar-refractivity contribution in [3.05, 3.63) is 35.9 Å². The Hall–Kier alpha value is -0.900. The Kier molecular flexibility index (Phi) is 6.86. The van der Waals surface area contributed by atoms with Crippen molar-refractivity contribution in [2.45, 2.75) is 39.0 Å². The van der Waals surface area contributed by atoms with E-state index in [1.165, 1.54) is 5.56 Å². The number of ether oxygens (including phenoxy) is 1. The molecule has 1 aromatic rings. The SMILES string of the molecule is CC(O)CNC(C)CCOCc1ccccc1. The Labute approximate surface area is 104 Å². The topological polar surface area (TPSA) is 41.5 Å². The van der Waals surface area contributed by atoms with Crippen LogP contribution in [0.4, 0.5) is 0 Å². The summed E-state index contributed by atoms with van der Waals surface area (Å²) in [7, 11) is 0. The summed E-state index contributed by atoms with van der Waals surface area (Å²) in [6, 6.07) is 10.5. The second kappa shape index (κ2) is 8.23. The molecule has 0 saturated carbocycles. The van der Waals surface area contributed by atoms with E-state index in [0.717, 1.165) is 13.0 Å². The zero-order chi connectivity index (χ0) is 12.5. The lowest BCUT2D eigenvalue weighted by Gasteiger charge is -2.15. The molecule has 0 aliphatic rings. The summed E-state index contributed by atoms with van der Waals surface area (Å²) in [4.78, 5) is 0. The molecular weight excluding hydrogens is 214 g/mol. The molecule has 0 amide bonds. The first-order chi connectivity index (χ1) is 8.18. The van der Waals surface area contributed by atoms with Gasteiger partial charge in [0.2, 0.25) is 0 Å². The van der Waals surface area contributed by atoms with Gasteiger partial charge in [0.1, 0.15) is 0 Å². The highest BCUT2D eigenvalue weighted by molar-refractivity contribution is 5.13. The van der Waals surface area contributed by atoms with Crippen molar-refractivity contribution in [1.82, 2.24) is 5.32 Å². The zero-order valence-corrected chi connectivity index (χ0v) is 10.7. The van der Waals surface area contributed by atoms with E-state index >= 15 is 0 Å². The maximum Gasteiger partial charge on any atom is 0.0716 e. The molecule has 1 rings (SSSR count). The van der Waals surface area contributed by atoms with Gasteiger partial charge in [-0.2, -0.15) is 0 Å². The smallest absolute Gasteiger partial charge is 0.0716 e. The number of hydrogen-bond acceptors (Lipinski definition) is 3. The molecule has 0 spiro atoms. The van der Waals surface area contributed by atoms with Crippen LogP contribution in [0.25, 0.3) is 0 Å². The Morgan fingerprint density at radius 1 is 1.24 bits per heavy atom. The van der Waals surface area contributed by atoms with E-state index in [-0.39, 0.29) is 6.10 Å². The fourth-order valence-corrected chi connectivity index (χ4v) is 1.50. The van der Waals surface area contributed by atoms with Gasteiger partial charge < -0.3 is 15.2 Å². The summed E-state index contributed by atoms with van der Waals surface area (Å²) in [6.45, 7) is 5.94. The second-order valence-corrected chi connectivity index (χ2v) is 4.49. The highest BCUT2D eigenvalue weighted by Gasteiger charge is 2.02. The molecule has 0 heterocycles. The van der Waals surface area contributed by atoms with Crippen LogP contribution in [0.2, 0.25) is 0 Å². The molecule has 0 fully saturated rings. The molecular formula is C14H23NO2. The summed E-state index contributed by atoms with van der Waals surface area (Å²) in [5, 5.41) is 12.4.